The molecule has 0 spiro atoms. The summed E-state index contributed by atoms with van der Waals surface area (Å²) in [6.07, 6.45) is 0. The second kappa shape index (κ2) is 5.85. The van der Waals surface area contributed by atoms with Crippen molar-refractivity contribution in [2.24, 2.45) is 0 Å². The van der Waals surface area contributed by atoms with Crippen molar-refractivity contribution in [3.63, 3.8) is 0 Å². The summed E-state index contributed by atoms with van der Waals surface area (Å²) in [6.45, 7) is 6.26. The zero-order chi connectivity index (χ0) is 12.3. The van der Waals surface area contributed by atoms with Crippen molar-refractivity contribution in [2.75, 3.05) is 13.2 Å². The van der Waals surface area contributed by atoms with E-state index in [0.717, 1.165) is 23.7 Å². The zero-order valence-electron chi connectivity index (χ0n) is 10.2. The molecule has 1 saturated heterocycles. The van der Waals surface area contributed by atoms with Gasteiger partial charge in [-0.15, -0.1) is 11.8 Å². The minimum Gasteiger partial charge on any atom is -0.379 e. The van der Waals surface area contributed by atoms with E-state index in [-0.39, 0.29) is 5.82 Å². The monoisotopic (exact) mass is 255 g/mol. The minimum atomic E-state index is -0.122. The molecule has 17 heavy (non-hydrogen) atoms. The van der Waals surface area contributed by atoms with E-state index >= 15 is 0 Å². The van der Waals surface area contributed by atoms with Crippen LogP contribution < -0.4 is 5.32 Å². The smallest absolute Gasteiger partial charge is 0.128 e. The van der Waals surface area contributed by atoms with Gasteiger partial charge in [0.1, 0.15) is 5.82 Å². The molecule has 94 valence electrons. The average molecular weight is 255 g/mol. The molecule has 4 heteroatoms. The van der Waals surface area contributed by atoms with Gasteiger partial charge in [-0.25, -0.2) is 4.39 Å². The molecule has 1 fully saturated rings. The molecule has 1 aliphatic rings. The largest absolute Gasteiger partial charge is 0.379 e. The molecule has 0 unspecified atom stereocenters. The highest BCUT2D eigenvalue weighted by atomic mass is 32.2. The molecule has 1 heterocycles. The Labute approximate surface area is 106 Å². The maximum atomic E-state index is 13.8. The SMILES string of the molecule is CC(C)NCc1c(F)cccc1SC1COC1. The van der Waals surface area contributed by atoms with Gasteiger partial charge in [-0.3, -0.25) is 0 Å². The quantitative estimate of drug-likeness (QED) is 0.874. The van der Waals surface area contributed by atoms with E-state index in [1.54, 1.807) is 17.8 Å². The van der Waals surface area contributed by atoms with Crippen LogP contribution in [0.4, 0.5) is 4.39 Å². The minimum absolute atomic E-state index is 0.122. The molecule has 0 radical (unpaired) electrons. The Balaban J connectivity index is 2.09. The van der Waals surface area contributed by atoms with Crippen LogP contribution in [0.15, 0.2) is 23.1 Å². The van der Waals surface area contributed by atoms with Crippen LogP contribution in [0.1, 0.15) is 19.4 Å². The van der Waals surface area contributed by atoms with Gasteiger partial charge >= 0.3 is 0 Å². The lowest BCUT2D eigenvalue weighted by Gasteiger charge is -2.26. The first-order valence-electron chi connectivity index (χ1n) is 5.92. The van der Waals surface area contributed by atoms with Crippen molar-refractivity contribution < 1.29 is 9.13 Å². The van der Waals surface area contributed by atoms with Gasteiger partial charge in [-0.1, -0.05) is 19.9 Å². The van der Waals surface area contributed by atoms with Gasteiger partial charge in [0.2, 0.25) is 0 Å². The van der Waals surface area contributed by atoms with Crippen LogP contribution in [0.3, 0.4) is 0 Å². The van der Waals surface area contributed by atoms with E-state index in [1.807, 2.05) is 6.07 Å². The fraction of sp³-hybridized carbons (Fsp3) is 0.538. The molecule has 1 aromatic rings. The van der Waals surface area contributed by atoms with E-state index in [2.05, 4.69) is 19.2 Å². The van der Waals surface area contributed by atoms with Crippen molar-refractivity contribution in [1.82, 2.24) is 5.32 Å². The van der Waals surface area contributed by atoms with Gasteiger partial charge in [0.15, 0.2) is 0 Å². The van der Waals surface area contributed by atoms with E-state index in [9.17, 15) is 4.39 Å². The van der Waals surface area contributed by atoms with Gasteiger partial charge in [-0.05, 0) is 12.1 Å². The van der Waals surface area contributed by atoms with E-state index in [0.29, 0.717) is 17.8 Å². The molecule has 2 rings (SSSR count). The highest BCUT2D eigenvalue weighted by Gasteiger charge is 2.21. The lowest BCUT2D eigenvalue weighted by Crippen LogP contribution is -2.30. The van der Waals surface area contributed by atoms with Crippen LogP contribution in [0, 0.1) is 5.82 Å². The summed E-state index contributed by atoms with van der Waals surface area (Å²) < 4.78 is 18.9. The van der Waals surface area contributed by atoms with E-state index in [4.69, 9.17) is 4.74 Å². The number of thioether (sulfide) groups is 1. The molecule has 0 saturated carbocycles. The first-order chi connectivity index (χ1) is 8.16. The van der Waals surface area contributed by atoms with Gasteiger partial charge in [0.25, 0.3) is 0 Å². The Morgan fingerprint density at radius 2 is 2.24 bits per heavy atom. The number of hydrogen-bond acceptors (Lipinski definition) is 3. The lowest BCUT2D eigenvalue weighted by atomic mass is 10.2. The number of hydrogen-bond donors (Lipinski definition) is 1. The molecule has 0 amide bonds. The Bertz CT molecular complexity index is 380. The number of benzene rings is 1. The first kappa shape index (κ1) is 12.9. The first-order valence-corrected chi connectivity index (χ1v) is 6.80. The molecule has 0 atom stereocenters. The highest BCUT2D eigenvalue weighted by Crippen LogP contribution is 2.31. The average Bonchev–Trinajstić information content (AvgIpc) is 2.22. The maximum Gasteiger partial charge on any atom is 0.128 e. The predicted molar refractivity (Wildman–Crippen MR) is 68.8 cm³/mol. The summed E-state index contributed by atoms with van der Waals surface area (Å²) in [5.74, 6) is -0.122. The number of nitrogens with one attached hydrogen (secondary N) is 1. The molecule has 2 nitrogen and oxygen atoms in total. The third-order valence-corrected chi connectivity index (χ3v) is 3.91. The number of halogens is 1. The topological polar surface area (TPSA) is 21.3 Å². The van der Waals surface area contributed by atoms with Crippen molar-refractivity contribution in [2.45, 2.75) is 36.6 Å². The number of rotatable bonds is 5. The van der Waals surface area contributed by atoms with Gasteiger partial charge in [0.05, 0.1) is 18.5 Å². The zero-order valence-corrected chi connectivity index (χ0v) is 11.0. The summed E-state index contributed by atoms with van der Waals surface area (Å²) >= 11 is 1.72. The fourth-order valence-electron chi connectivity index (χ4n) is 1.59. The summed E-state index contributed by atoms with van der Waals surface area (Å²) in [6, 6.07) is 5.65. The Kier molecular flexibility index (Phi) is 4.42. The Hall–Kier alpha value is -0.580. The van der Waals surface area contributed by atoms with Crippen LogP contribution in [-0.4, -0.2) is 24.5 Å². The van der Waals surface area contributed by atoms with Crippen LogP contribution >= 0.6 is 11.8 Å². The van der Waals surface area contributed by atoms with Gasteiger partial charge in [-0.2, -0.15) is 0 Å². The summed E-state index contributed by atoms with van der Waals surface area (Å²) in [5, 5.41) is 3.75. The lowest BCUT2D eigenvalue weighted by molar-refractivity contribution is 0.0455. The van der Waals surface area contributed by atoms with Crippen molar-refractivity contribution in [3.05, 3.63) is 29.6 Å². The van der Waals surface area contributed by atoms with Crippen LogP contribution in [0.5, 0.6) is 0 Å². The number of ether oxygens (including phenoxy) is 1. The fourth-order valence-corrected chi connectivity index (χ4v) is 2.75. The van der Waals surface area contributed by atoms with Gasteiger partial charge in [0, 0.05) is 23.0 Å². The molecular weight excluding hydrogens is 237 g/mol. The van der Waals surface area contributed by atoms with E-state index < -0.39 is 0 Å². The van der Waals surface area contributed by atoms with Crippen molar-refractivity contribution in [3.8, 4) is 0 Å². The van der Waals surface area contributed by atoms with Crippen molar-refractivity contribution >= 4 is 11.8 Å². The second-order valence-electron chi connectivity index (χ2n) is 4.53. The molecule has 0 aliphatic carbocycles. The van der Waals surface area contributed by atoms with Crippen LogP contribution in [0.2, 0.25) is 0 Å². The Morgan fingerprint density at radius 1 is 1.47 bits per heavy atom. The summed E-state index contributed by atoms with van der Waals surface area (Å²) in [5.41, 5.74) is 0.776. The molecular formula is C13H18FNOS. The molecule has 1 aliphatic heterocycles. The maximum absolute atomic E-state index is 13.8. The Morgan fingerprint density at radius 3 is 2.82 bits per heavy atom. The summed E-state index contributed by atoms with van der Waals surface area (Å²) in [7, 11) is 0. The third kappa shape index (κ3) is 3.44. The predicted octanol–water partition coefficient (Wildman–Crippen LogP) is 2.81. The molecule has 1 aromatic carbocycles. The third-order valence-electron chi connectivity index (χ3n) is 2.66. The van der Waals surface area contributed by atoms with Gasteiger partial charge < -0.3 is 10.1 Å². The van der Waals surface area contributed by atoms with Crippen LogP contribution in [0.25, 0.3) is 0 Å². The summed E-state index contributed by atoms with van der Waals surface area (Å²) in [4.78, 5) is 1.03. The van der Waals surface area contributed by atoms with E-state index in [1.165, 1.54) is 6.07 Å². The molecule has 0 aromatic heterocycles. The van der Waals surface area contributed by atoms with Crippen molar-refractivity contribution in [1.29, 1.82) is 0 Å². The van der Waals surface area contributed by atoms with Crippen LogP contribution in [-0.2, 0) is 11.3 Å². The molecule has 0 bridgehead atoms. The molecule has 1 N–H and O–H groups in total. The normalized spacial score (nSPS) is 16.2. The standard InChI is InChI=1S/C13H18FNOS/c1-9(2)15-6-11-12(14)4-3-5-13(11)17-10-7-16-8-10/h3-5,9-10,15H,6-8H2,1-2H3. The second-order valence-corrected chi connectivity index (χ2v) is 5.87. The highest BCUT2D eigenvalue weighted by molar-refractivity contribution is 8.00.